The number of nitrogens with one attached hydrogen (secondary N) is 2. The highest BCUT2D eigenvalue weighted by Crippen LogP contribution is 2.11. The van der Waals surface area contributed by atoms with E-state index in [1.54, 1.807) is 7.11 Å². The summed E-state index contributed by atoms with van der Waals surface area (Å²) >= 11 is 0. The number of guanidine groups is 1. The first-order valence-corrected chi connectivity index (χ1v) is 9.64. The minimum Gasteiger partial charge on any atom is -0.383 e. The molecule has 0 radical (unpaired) electrons. The Balaban J connectivity index is 0.00000625. The average molecular weight is 483 g/mol. The van der Waals surface area contributed by atoms with Crippen LogP contribution in [0.5, 0.6) is 0 Å². The number of nitrogens with zero attached hydrogens (tertiary/aromatic N) is 3. The number of hydrogen-bond donors (Lipinski definition) is 2. The number of likely N-dealkylation sites (N-methyl/N-ethyl adjacent to an activating group) is 1. The van der Waals surface area contributed by atoms with Gasteiger partial charge >= 0.3 is 0 Å². The fourth-order valence-electron chi connectivity index (χ4n) is 2.79. The van der Waals surface area contributed by atoms with Gasteiger partial charge in [-0.15, -0.1) is 24.0 Å². The largest absolute Gasteiger partial charge is 0.383 e. The van der Waals surface area contributed by atoms with Crippen LogP contribution >= 0.6 is 24.0 Å². The maximum atomic E-state index is 12.0. The van der Waals surface area contributed by atoms with E-state index in [-0.39, 0.29) is 24.0 Å². The molecule has 0 aromatic carbocycles. The summed E-state index contributed by atoms with van der Waals surface area (Å²) in [5.41, 5.74) is 0. The summed E-state index contributed by atoms with van der Waals surface area (Å²) in [6.45, 7) is 8.84. The second-order valence-electron chi connectivity index (χ2n) is 6.53. The maximum absolute atomic E-state index is 12.0. The zero-order valence-electron chi connectivity index (χ0n) is 16.8. The lowest BCUT2D eigenvalue weighted by atomic mass is 10.2. The van der Waals surface area contributed by atoms with Gasteiger partial charge in [0.05, 0.1) is 6.61 Å². The van der Waals surface area contributed by atoms with Crippen LogP contribution in [0, 0.1) is 0 Å². The van der Waals surface area contributed by atoms with E-state index in [1.165, 1.54) is 6.42 Å². The van der Waals surface area contributed by atoms with Crippen molar-refractivity contribution in [2.75, 3.05) is 66.6 Å². The number of carbonyl (C=O) groups is 1. The number of hydrogen-bond acceptors (Lipinski definition) is 4. The van der Waals surface area contributed by atoms with Crippen molar-refractivity contribution in [2.45, 2.75) is 39.0 Å². The highest BCUT2D eigenvalue weighted by atomic mass is 127. The molecule has 154 valence electrons. The molecule has 8 heteroatoms. The van der Waals surface area contributed by atoms with Crippen molar-refractivity contribution < 1.29 is 9.53 Å². The summed E-state index contributed by atoms with van der Waals surface area (Å²) < 4.78 is 5.08. The lowest BCUT2D eigenvalue weighted by Crippen LogP contribution is -2.41. The van der Waals surface area contributed by atoms with E-state index in [4.69, 9.17) is 4.74 Å². The predicted molar refractivity (Wildman–Crippen MR) is 118 cm³/mol. The van der Waals surface area contributed by atoms with Crippen LogP contribution in [0.4, 0.5) is 0 Å². The van der Waals surface area contributed by atoms with E-state index in [0.717, 1.165) is 77.6 Å². The van der Waals surface area contributed by atoms with Crippen molar-refractivity contribution in [1.82, 2.24) is 20.4 Å². The second-order valence-corrected chi connectivity index (χ2v) is 6.53. The van der Waals surface area contributed by atoms with Crippen LogP contribution in [-0.2, 0) is 9.53 Å². The summed E-state index contributed by atoms with van der Waals surface area (Å²) in [6, 6.07) is 0. The standard InChI is InChI=1S/C18H37N5O2.HI/c1-4-19-18(21-11-14-22(2)15-16-25-3)20-10-8-13-23-12-7-5-6-9-17(23)24;/h4-16H2,1-3H3,(H2,19,20,21);1H. The van der Waals surface area contributed by atoms with Crippen LogP contribution in [0.3, 0.4) is 0 Å². The third-order valence-corrected chi connectivity index (χ3v) is 4.33. The van der Waals surface area contributed by atoms with Gasteiger partial charge < -0.3 is 25.2 Å². The molecule has 0 spiro atoms. The van der Waals surface area contributed by atoms with Gasteiger partial charge in [-0.2, -0.15) is 0 Å². The first kappa shape index (κ1) is 25.4. The van der Waals surface area contributed by atoms with Gasteiger partial charge in [-0.3, -0.25) is 9.79 Å². The molecule has 1 aliphatic rings. The van der Waals surface area contributed by atoms with Crippen molar-refractivity contribution in [1.29, 1.82) is 0 Å². The van der Waals surface area contributed by atoms with Gasteiger partial charge in [0.15, 0.2) is 5.96 Å². The molecule has 0 aliphatic carbocycles. The normalized spacial score (nSPS) is 15.6. The maximum Gasteiger partial charge on any atom is 0.222 e. The summed E-state index contributed by atoms with van der Waals surface area (Å²) in [6.07, 6.45) is 4.98. The molecule has 1 fully saturated rings. The van der Waals surface area contributed by atoms with Gasteiger partial charge in [-0.25, -0.2) is 0 Å². The van der Waals surface area contributed by atoms with E-state index < -0.39 is 0 Å². The molecule has 1 rings (SSSR count). The topological polar surface area (TPSA) is 69.2 Å². The molecule has 1 amide bonds. The minimum atomic E-state index is 0. The van der Waals surface area contributed by atoms with E-state index >= 15 is 0 Å². The van der Waals surface area contributed by atoms with Gasteiger partial charge in [-0.1, -0.05) is 6.42 Å². The number of likely N-dealkylation sites (tertiary alicyclic amines) is 1. The van der Waals surface area contributed by atoms with Crippen LogP contribution < -0.4 is 10.6 Å². The Labute approximate surface area is 176 Å². The number of methoxy groups -OCH3 is 1. The van der Waals surface area contributed by atoms with Gasteiger partial charge in [-0.05, 0) is 33.2 Å². The molecule has 1 heterocycles. The molecule has 0 bridgehead atoms. The van der Waals surface area contributed by atoms with Crippen molar-refractivity contribution in [2.24, 2.45) is 4.99 Å². The third kappa shape index (κ3) is 11.9. The summed E-state index contributed by atoms with van der Waals surface area (Å²) in [7, 11) is 3.81. The van der Waals surface area contributed by atoms with Crippen LogP contribution in [-0.4, -0.2) is 88.2 Å². The summed E-state index contributed by atoms with van der Waals surface area (Å²) in [5.74, 6) is 1.16. The fourth-order valence-corrected chi connectivity index (χ4v) is 2.79. The highest BCUT2D eigenvalue weighted by molar-refractivity contribution is 14.0. The monoisotopic (exact) mass is 483 g/mol. The molecule has 7 nitrogen and oxygen atoms in total. The zero-order chi connectivity index (χ0) is 18.3. The molecule has 0 unspecified atom stereocenters. The highest BCUT2D eigenvalue weighted by Gasteiger charge is 2.15. The van der Waals surface area contributed by atoms with Gasteiger partial charge in [0, 0.05) is 59.3 Å². The molecule has 1 saturated heterocycles. The van der Waals surface area contributed by atoms with Crippen molar-refractivity contribution in [3.63, 3.8) is 0 Å². The quantitative estimate of drug-likeness (QED) is 0.202. The molecule has 1 aliphatic heterocycles. The first-order chi connectivity index (χ1) is 12.2. The van der Waals surface area contributed by atoms with Gasteiger partial charge in [0.2, 0.25) is 5.91 Å². The average Bonchev–Trinajstić information content (AvgIpc) is 2.81. The van der Waals surface area contributed by atoms with E-state index in [9.17, 15) is 4.79 Å². The van der Waals surface area contributed by atoms with E-state index in [2.05, 4.69) is 34.5 Å². The van der Waals surface area contributed by atoms with Crippen LogP contribution in [0.15, 0.2) is 4.99 Å². The van der Waals surface area contributed by atoms with Crippen LogP contribution in [0.25, 0.3) is 0 Å². The number of ether oxygens (including phenoxy) is 1. The summed E-state index contributed by atoms with van der Waals surface area (Å²) in [4.78, 5) is 20.8. The summed E-state index contributed by atoms with van der Waals surface area (Å²) in [5, 5.41) is 6.63. The molecular formula is C18H38IN5O2. The van der Waals surface area contributed by atoms with E-state index in [0.29, 0.717) is 12.3 Å². The number of halogens is 1. The van der Waals surface area contributed by atoms with Crippen LogP contribution in [0.1, 0.15) is 39.0 Å². The smallest absolute Gasteiger partial charge is 0.222 e. The number of rotatable bonds is 11. The van der Waals surface area contributed by atoms with Crippen LogP contribution in [0.2, 0.25) is 0 Å². The first-order valence-electron chi connectivity index (χ1n) is 9.64. The van der Waals surface area contributed by atoms with E-state index in [1.807, 2.05) is 4.90 Å². The van der Waals surface area contributed by atoms with Crippen molar-refractivity contribution in [3.8, 4) is 0 Å². The molecule has 0 aromatic heterocycles. The molecule has 2 N–H and O–H groups in total. The second kappa shape index (κ2) is 16.6. The third-order valence-electron chi connectivity index (χ3n) is 4.33. The fraction of sp³-hybridized carbons (Fsp3) is 0.889. The Morgan fingerprint density at radius 1 is 1.27 bits per heavy atom. The van der Waals surface area contributed by atoms with Crippen molar-refractivity contribution >= 4 is 35.8 Å². The molecule has 0 atom stereocenters. The minimum absolute atomic E-state index is 0. The Bertz CT molecular complexity index is 396. The number of amides is 1. The molecule has 0 saturated carbocycles. The Morgan fingerprint density at radius 2 is 2.08 bits per heavy atom. The SMILES string of the molecule is CCNC(=NCCCN1CCCCCC1=O)NCCN(C)CCOC.I. The molecule has 26 heavy (non-hydrogen) atoms. The Morgan fingerprint density at radius 3 is 2.81 bits per heavy atom. The molecule has 0 aromatic rings. The number of aliphatic imine (C=N–C) groups is 1. The molecular weight excluding hydrogens is 445 g/mol. The van der Waals surface area contributed by atoms with Crippen molar-refractivity contribution in [3.05, 3.63) is 0 Å². The zero-order valence-corrected chi connectivity index (χ0v) is 19.1. The predicted octanol–water partition coefficient (Wildman–Crippen LogP) is 1.53. The van der Waals surface area contributed by atoms with Gasteiger partial charge in [0.1, 0.15) is 0 Å². The van der Waals surface area contributed by atoms with Gasteiger partial charge in [0.25, 0.3) is 0 Å². The lowest BCUT2D eigenvalue weighted by molar-refractivity contribution is -0.130. The lowest BCUT2D eigenvalue weighted by Gasteiger charge is -2.20. The Kier molecular flexibility index (Phi) is 16.2. The Hall–Kier alpha value is -0.610. The number of carbonyl (C=O) groups excluding carboxylic acids is 1.